The molecule has 0 aromatic heterocycles. The van der Waals surface area contributed by atoms with E-state index >= 15 is 0 Å². The Labute approximate surface area is 161 Å². The van der Waals surface area contributed by atoms with Crippen molar-refractivity contribution < 1.29 is 31.5 Å². The zero-order valence-electron chi connectivity index (χ0n) is 14.5. The number of hydrogen-bond donors (Lipinski definition) is 1. The number of hydrogen-bond acceptors (Lipinski definition) is 3. The summed E-state index contributed by atoms with van der Waals surface area (Å²) in [6.07, 6.45) is -9.16. The third kappa shape index (κ3) is 3.29. The van der Waals surface area contributed by atoms with E-state index in [1.54, 1.807) is 23.9 Å². The van der Waals surface area contributed by atoms with Crippen molar-refractivity contribution >= 4 is 11.8 Å². The van der Waals surface area contributed by atoms with Crippen molar-refractivity contribution in [3.63, 3.8) is 0 Å². The largest absolute Gasteiger partial charge is 0.416 e. The number of rotatable bonds is 1. The molecule has 1 aliphatic carbocycles. The maximum atomic E-state index is 13.1. The standard InChI is InChI=1S/C19H15F6NOS/c1-9-26(27)17-15-3-2-10(4-12(15)7-16(17)28-9)11-5-13(18(20,21)22)8-14(6-11)19(23,24)25/h2-6,8-9,16-17,27H,7H2,1H3. The lowest BCUT2D eigenvalue weighted by Gasteiger charge is -2.20. The third-order valence-electron chi connectivity index (χ3n) is 5.19. The van der Waals surface area contributed by atoms with E-state index in [2.05, 4.69) is 0 Å². The lowest BCUT2D eigenvalue weighted by Crippen LogP contribution is -2.25. The summed E-state index contributed by atoms with van der Waals surface area (Å²) >= 11 is 1.59. The van der Waals surface area contributed by atoms with Crippen molar-refractivity contribution in [1.29, 1.82) is 0 Å². The van der Waals surface area contributed by atoms with Gasteiger partial charge in [0.1, 0.15) is 0 Å². The SMILES string of the molecule is CC1SC2Cc3cc(-c4cc(C(F)(F)F)cc(C(F)(F)F)c4)ccc3C2N1O. The molecule has 150 valence electrons. The normalized spacial score (nSPS) is 25.1. The lowest BCUT2D eigenvalue weighted by atomic mass is 9.96. The molecule has 2 nitrogen and oxygen atoms in total. The molecule has 3 unspecified atom stereocenters. The van der Waals surface area contributed by atoms with Gasteiger partial charge in [-0.05, 0) is 53.8 Å². The molecule has 9 heteroatoms. The zero-order valence-corrected chi connectivity index (χ0v) is 15.3. The van der Waals surface area contributed by atoms with Crippen molar-refractivity contribution in [2.75, 3.05) is 0 Å². The fourth-order valence-corrected chi connectivity index (χ4v) is 5.34. The molecule has 1 saturated heterocycles. The van der Waals surface area contributed by atoms with E-state index in [0.29, 0.717) is 6.42 Å². The van der Waals surface area contributed by atoms with Gasteiger partial charge in [-0.3, -0.25) is 0 Å². The van der Waals surface area contributed by atoms with E-state index in [-0.39, 0.29) is 33.9 Å². The van der Waals surface area contributed by atoms with Gasteiger partial charge in [0.25, 0.3) is 0 Å². The van der Waals surface area contributed by atoms with Crippen molar-refractivity contribution in [3.8, 4) is 11.1 Å². The lowest BCUT2D eigenvalue weighted by molar-refractivity contribution is -0.143. The van der Waals surface area contributed by atoms with Crippen LogP contribution in [-0.2, 0) is 18.8 Å². The summed E-state index contributed by atoms with van der Waals surface area (Å²) in [5, 5.41) is 11.5. The molecule has 1 fully saturated rings. The maximum absolute atomic E-state index is 13.1. The molecule has 0 saturated carbocycles. The summed E-state index contributed by atoms with van der Waals surface area (Å²) in [7, 11) is 0. The molecule has 4 rings (SSSR count). The average Bonchev–Trinajstić information content (AvgIpc) is 3.08. The quantitative estimate of drug-likeness (QED) is 0.562. The molecule has 1 heterocycles. The molecular weight excluding hydrogens is 404 g/mol. The van der Waals surface area contributed by atoms with Crippen LogP contribution in [0.25, 0.3) is 11.1 Å². The van der Waals surface area contributed by atoms with Crippen molar-refractivity contribution in [1.82, 2.24) is 5.06 Å². The van der Waals surface area contributed by atoms with E-state index in [4.69, 9.17) is 0 Å². The van der Waals surface area contributed by atoms with Crippen LogP contribution < -0.4 is 0 Å². The third-order valence-corrected chi connectivity index (χ3v) is 6.57. The van der Waals surface area contributed by atoms with Gasteiger partial charge >= 0.3 is 12.4 Å². The first-order valence-electron chi connectivity index (χ1n) is 8.50. The number of fused-ring (bicyclic) bond motifs is 3. The van der Waals surface area contributed by atoms with Gasteiger partial charge in [0.15, 0.2) is 0 Å². The Balaban J connectivity index is 1.78. The Morgan fingerprint density at radius 1 is 0.929 bits per heavy atom. The second kappa shape index (κ2) is 6.40. The van der Waals surface area contributed by atoms with Crippen LogP contribution in [0.5, 0.6) is 0 Å². The second-order valence-corrected chi connectivity index (χ2v) is 8.57. The Bertz CT molecular complexity index is 893. The van der Waals surface area contributed by atoms with Crippen LogP contribution in [0.4, 0.5) is 26.3 Å². The maximum Gasteiger partial charge on any atom is 0.416 e. The molecule has 0 radical (unpaired) electrons. The Hall–Kier alpha value is -1.71. The molecule has 0 amide bonds. The highest BCUT2D eigenvalue weighted by Crippen LogP contribution is 2.51. The Morgan fingerprint density at radius 2 is 1.54 bits per heavy atom. The fraction of sp³-hybridized carbons (Fsp3) is 0.368. The minimum absolute atomic E-state index is 0.0689. The molecule has 3 atom stereocenters. The van der Waals surface area contributed by atoms with Gasteiger partial charge in [-0.25, -0.2) is 0 Å². The van der Waals surface area contributed by atoms with E-state index in [9.17, 15) is 31.5 Å². The summed E-state index contributed by atoms with van der Waals surface area (Å²) in [5.41, 5.74) is -0.823. The average molecular weight is 419 g/mol. The predicted octanol–water partition coefficient (Wildman–Crippen LogP) is 6.14. The van der Waals surface area contributed by atoms with Crippen LogP contribution in [0.1, 0.15) is 35.2 Å². The van der Waals surface area contributed by atoms with E-state index < -0.39 is 23.5 Å². The van der Waals surface area contributed by atoms with Crippen molar-refractivity contribution in [2.45, 2.75) is 42.4 Å². The summed E-state index contributed by atoms with van der Waals surface area (Å²) in [6, 6.07) is 6.22. The summed E-state index contributed by atoms with van der Waals surface area (Å²) in [5.74, 6) is 0. The highest BCUT2D eigenvalue weighted by Gasteiger charge is 2.45. The van der Waals surface area contributed by atoms with Crippen molar-refractivity contribution in [3.05, 3.63) is 58.7 Å². The topological polar surface area (TPSA) is 23.5 Å². The Kier molecular flexibility index (Phi) is 4.48. The molecule has 0 spiro atoms. The number of nitrogens with zero attached hydrogens (tertiary/aromatic N) is 1. The van der Waals surface area contributed by atoms with Crippen LogP contribution in [-0.4, -0.2) is 20.9 Å². The van der Waals surface area contributed by atoms with Gasteiger partial charge in [0.2, 0.25) is 0 Å². The van der Waals surface area contributed by atoms with Crippen molar-refractivity contribution in [2.24, 2.45) is 0 Å². The van der Waals surface area contributed by atoms with Gasteiger partial charge in [-0.15, -0.1) is 11.8 Å². The molecule has 1 N–H and O–H groups in total. The number of hydroxylamine groups is 2. The molecule has 28 heavy (non-hydrogen) atoms. The molecule has 2 aromatic rings. The fourth-order valence-electron chi connectivity index (χ4n) is 3.88. The summed E-state index contributed by atoms with van der Waals surface area (Å²) in [4.78, 5) is 0. The first-order chi connectivity index (χ1) is 12.9. The molecular formula is C19H15F6NOS. The Morgan fingerprint density at radius 3 is 2.11 bits per heavy atom. The highest BCUT2D eigenvalue weighted by atomic mass is 32.2. The smallest absolute Gasteiger partial charge is 0.312 e. The van der Waals surface area contributed by atoms with Crippen LogP contribution in [0.15, 0.2) is 36.4 Å². The van der Waals surface area contributed by atoms with Crippen LogP contribution in [0, 0.1) is 0 Å². The monoisotopic (exact) mass is 419 g/mol. The minimum atomic E-state index is -4.88. The zero-order chi connectivity index (χ0) is 20.4. The van der Waals surface area contributed by atoms with E-state index in [0.717, 1.165) is 23.3 Å². The van der Waals surface area contributed by atoms with Crippen LogP contribution in [0.3, 0.4) is 0 Å². The number of halogens is 6. The number of benzene rings is 2. The number of thioether (sulfide) groups is 1. The van der Waals surface area contributed by atoms with Crippen LogP contribution >= 0.6 is 11.8 Å². The molecule has 1 aliphatic heterocycles. The summed E-state index contributed by atoms with van der Waals surface area (Å²) in [6.45, 7) is 1.87. The second-order valence-electron chi connectivity index (χ2n) is 7.01. The van der Waals surface area contributed by atoms with Gasteiger partial charge in [-0.2, -0.15) is 31.4 Å². The van der Waals surface area contributed by atoms with E-state index in [1.165, 1.54) is 11.1 Å². The van der Waals surface area contributed by atoms with Gasteiger partial charge in [0, 0.05) is 5.25 Å². The van der Waals surface area contributed by atoms with Gasteiger partial charge in [-0.1, -0.05) is 18.2 Å². The summed E-state index contributed by atoms with van der Waals surface area (Å²) < 4.78 is 78.6. The van der Waals surface area contributed by atoms with Gasteiger partial charge < -0.3 is 5.21 Å². The number of alkyl halides is 6. The van der Waals surface area contributed by atoms with Gasteiger partial charge in [0.05, 0.1) is 22.5 Å². The molecule has 2 aromatic carbocycles. The highest BCUT2D eigenvalue weighted by molar-refractivity contribution is 8.00. The molecule has 2 aliphatic rings. The first kappa shape index (κ1) is 19.6. The van der Waals surface area contributed by atoms with E-state index in [1.807, 2.05) is 6.92 Å². The minimum Gasteiger partial charge on any atom is -0.312 e. The first-order valence-corrected chi connectivity index (χ1v) is 9.45. The van der Waals surface area contributed by atoms with Crippen LogP contribution in [0.2, 0.25) is 0 Å². The molecule has 0 bridgehead atoms. The predicted molar refractivity (Wildman–Crippen MR) is 92.8 cm³/mol.